The van der Waals surface area contributed by atoms with Crippen LogP contribution in [0.5, 0.6) is 5.75 Å². The van der Waals surface area contributed by atoms with Gasteiger partial charge in [-0.15, -0.1) is 0 Å². The van der Waals surface area contributed by atoms with Gasteiger partial charge in [0, 0.05) is 31.4 Å². The van der Waals surface area contributed by atoms with E-state index in [4.69, 9.17) is 4.74 Å². The summed E-state index contributed by atoms with van der Waals surface area (Å²) in [5.74, 6) is 0.657. The molecule has 1 heterocycles. The zero-order chi connectivity index (χ0) is 18.4. The lowest BCUT2D eigenvalue weighted by atomic mass is 10.0. The van der Waals surface area contributed by atoms with Crippen LogP contribution in [0.3, 0.4) is 0 Å². The second kappa shape index (κ2) is 8.74. The minimum atomic E-state index is -0.155. The Kier molecular flexibility index (Phi) is 6.67. The van der Waals surface area contributed by atoms with Crippen molar-refractivity contribution in [1.29, 1.82) is 0 Å². The summed E-state index contributed by atoms with van der Waals surface area (Å²) in [4.78, 5) is 27.7. The number of hydrogen-bond donors (Lipinski definition) is 1. The summed E-state index contributed by atoms with van der Waals surface area (Å²) < 4.78 is 5.62. The minimum Gasteiger partial charge on any atom is -0.484 e. The van der Waals surface area contributed by atoms with E-state index in [1.165, 1.54) is 6.42 Å². The molecule has 6 heteroatoms. The van der Waals surface area contributed by atoms with Crippen molar-refractivity contribution in [2.24, 2.45) is 0 Å². The number of benzene rings is 1. The first-order valence-electron chi connectivity index (χ1n) is 8.95. The number of carbonyl (C=O) groups is 2. The summed E-state index contributed by atoms with van der Waals surface area (Å²) >= 11 is 0. The Balaban J connectivity index is 1.87. The third kappa shape index (κ3) is 5.37. The first kappa shape index (κ1) is 19.1. The van der Waals surface area contributed by atoms with Gasteiger partial charge in [-0.1, -0.05) is 0 Å². The fourth-order valence-electron chi connectivity index (χ4n) is 2.92. The summed E-state index contributed by atoms with van der Waals surface area (Å²) in [5, 5.41) is 2.84. The van der Waals surface area contributed by atoms with E-state index in [-0.39, 0.29) is 24.6 Å². The predicted molar refractivity (Wildman–Crippen MR) is 99.0 cm³/mol. The zero-order valence-corrected chi connectivity index (χ0v) is 15.6. The number of carbonyl (C=O) groups excluding carboxylic acids is 2. The van der Waals surface area contributed by atoms with Crippen LogP contribution >= 0.6 is 0 Å². The average Bonchev–Trinajstić information content (AvgIpc) is 2.59. The molecule has 25 heavy (non-hydrogen) atoms. The Morgan fingerprint density at radius 1 is 1.28 bits per heavy atom. The molecule has 1 fully saturated rings. The van der Waals surface area contributed by atoms with E-state index >= 15 is 0 Å². The number of nitrogens with zero attached hydrogens (tertiary/aromatic N) is 2. The summed E-state index contributed by atoms with van der Waals surface area (Å²) in [6.45, 7) is 6.79. The molecule has 1 saturated heterocycles. The highest BCUT2D eigenvalue weighted by atomic mass is 16.5. The van der Waals surface area contributed by atoms with Crippen molar-refractivity contribution >= 4 is 17.6 Å². The molecule has 0 saturated carbocycles. The van der Waals surface area contributed by atoms with Crippen LogP contribution in [-0.2, 0) is 4.79 Å². The molecular weight excluding hydrogens is 318 g/mol. The van der Waals surface area contributed by atoms with Crippen LogP contribution in [0.4, 0.5) is 10.5 Å². The van der Waals surface area contributed by atoms with E-state index < -0.39 is 0 Å². The van der Waals surface area contributed by atoms with E-state index in [0.717, 1.165) is 25.1 Å². The highest BCUT2D eigenvalue weighted by Crippen LogP contribution is 2.20. The molecule has 0 aliphatic carbocycles. The van der Waals surface area contributed by atoms with E-state index in [9.17, 15) is 9.59 Å². The minimum absolute atomic E-state index is 0.0321. The summed E-state index contributed by atoms with van der Waals surface area (Å²) in [6.07, 6.45) is 3.31. The van der Waals surface area contributed by atoms with Gasteiger partial charge in [-0.05, 0) is 64.3 Å². The zero-order valence-electron chi connectivity index (χ0n) is 15.6. The maximum Gasteiger partial charge on any atom is 0.321 e. The van der Waals surface area contributed by atoms with Crippen molar-refractivity contribution in [2.75, 3.05) is 25.1 Å². The number of ether oxygens (including phenoxy) is 1. The van der Waals surface area contributed by atoms with Crippen LogP contribution in [0.25, 0.3) is 0 Å². The molecule has 0 radical (unpaired) electrons. The molecular formula is C19H29N3O3. The van der Waals surface area contributed by atoms with Crippen LogP contribution < -0.4 is 15.0 Å². The lowest BCUT2D eigenvalue weighted by Gasteiger charge is -2.33. The SMILES string of the molecule is CC(C)NC(=O)N(C)c1ccc(OCC(=O)N2CCCCC2C)cc1. The average molecular weight is 347 g/mol. The summed E-state index contributed by atoms with van der Waals surface area (Å²) in [5.41, 5.74) is 0.765. The van der Waals surface area contributed by atoms with Crippen molar-refractivity contribution in [3.8, 4) is 5.75 Å². The molecule has 1 unspecified atom stereocenters. The number of amides is 3. The standard InChI is InChI=1S/C19H29N3O3/c1-14(2)20-19(24)21(4)16-8-10-17(11-9-16)25-13-18(23)22-12-6-5-7-15(22)3/h8-11,14-15H,5-7,12-13H2,1-4H3,(H,20,24). The smallest absolute Gasteiger partial charge is 0.321 e. The molecule has 1 aromatic rings. The number of piperidine rings is 1. The van der Waals surface area contributed by atoms with E-state index in [0.29, 0.717) is 11.8 Å². The van der Waals surface area contributed by atoms with Gasteiger partial charge < -0.3 is 15.0 Å². The van der Waals surface area contributed by atoms with Crippen LogP contribution in [0.1, 0.15) is 40.0 Å². The molecule has 3 amide bonds. The van der Waals surface area contributed by atoms with Gasteiger partial charge in [0.1, 0.15) is 5.75 Å². The van der Waals surface area contributed by atoms with Crippen molar-refractivity contribution in [1.82, 2.24) is 10.2 Å². The van der Waals surface area contributed by atoms with E-state index in [1.807, 2.05) is 30.9 Å². The fourth-order valence-corrected chi connectivity index (χ4v) is 2.92. The normalized spacial score (nSPS) is 17.3. The quantitative estimate of drug-likeness (QED) is 0.890. The van der Waals surface area contributed by atoms with Crippen molar-refractivity contribution in [2.45, 2.75) is 52.1 Å². The third-order valence-electron chi connectivity index (χ3n) is 4.43. The fraction of sp³-hybridized carbons (Fsp3) is 0.579. The molecule has 0 aromatic heterocycles. The number of hydrogen-bond acceptors (Lipinski definition) is 3. The number of urea groups is 1. The van der Waals surface area contributed by atoms with Gasteiger partial charge in [-0.3, -0.25) is 9.69 Å². The van der Waals surface area contributed by atoms with Crippen LogP contribution in [0.15, 0.2) is 24.3 Å². The van der Waals surface area contributed by atoms with Gasteiger partial charge in [0.15, 0.2) is 6.61 Å². The Morgan fingerprint density at radius 2 is 1.96 bits per heavy atom. The molecule has 1 aliphatic rings. The topological polar surface area (TPSA) is 61.9 Å². The number of rotatable bonds is 5. The first-order chi connectivity index (χ1) is 11.9. The predicted octanol–water partition coefficient (Wildman–Crippen LogP) is 3.02. The van der Waals surface area contributed by atoms with Crippen LogP contribution in [-0.4, -0.2) is 49.1 Å². The van der Waals surface area contributed by atoms with Gasteiger partial charge in [-0.25, -0.2) is 4.79 Å². The Labute approximate surface area is 150 Å². The second-order valence-electron chi connectivity index (χ2n) is 6.88. The van der Waals surface area contributed by atoms with Gasteiger partial charge in [-0.2, -0.15) is 0 Å². The molecule has 6 nitrogen and oxygen atoms in total. The highest BCUT2D eigenvalue weighted by Gasteiger charge is 2.23. The molecule has 2 rings (SSSR count). The van der Waals surface area contributed by atoms with Gasteiger partial charge >= 0.3 is 6.03 Å². The molecule has 1 atom stereocenters. The molecule has 138 valence electrons. The molecule has 1 aromatic carbocycles. The lowest BCUT2D eigenvalue weighted by Crippen LogP contribution is -2.44. The second-order valence-corrected chi connectivity index (χ2v) is 6.88. The summed E-state index contributed by atoms with van der Waals surface area (Å²) in [6, 6.07) is 7.40. The molecule has 1 N–H and O–H groups in total. The van der Waals surface area contributed by atoms with E-state index in [2.05, 4.69) is 12.2 Å². The van der Waals surface area contributed by atoms with Gasteiger partial charge in [0.25, 0.3) is 5.91 Å². The Hall–Kier alpha value is -2.24. The number of anilines is 1. The summed E-state index contributed by atoms with van der Waals surface area (Å²) in [7, 11) is 1.72. The van der Waals surface area contributed by atoms with Crippen molar-refractivity contribution in [3.05, 3.63) is 24.3 Å². The molecule has 0 spiro atoms. The van der Waals surface area contributed by atoms with Crippen LogP contribution in [0, 0.1) is 0 Å². The molecule has 1 aliphatic heterocycles. The Bertz CT molecular complexity index is 586. The van der Waals surface area contributed by atoms with Gasteiger partial charge in [0.05, 0.1) is 0 Å². The first-order valence-corrected chi connectivity index (χ1v) is 8.95. The third-order valence-corrected chi connectivity index (χ3v) is 4.43. The van der Waals surface area contributed by atoms with Gasteiger partial charge in [0.2, 0.25) is 0 Å². The largest absolute Gasteiger partial charge is 0.484 e. The maximum atomic E-state index is 12.3. The monoisotopic (exact) mass is 347 g/mol. The number of nitrogens with one attached hydrogen (secondary N) is 1. The maximum absolute atomic E-state index is 12.3. The van der Waals surface area contributed by atoms with Crippen molar-refractivity contribution < 1.29 is 14.3 Å². The van der Waals surface area contributed by atoms with Crippen molar-refractivity contribution in [3.63, 3.8) is 0 Å². The lowest BCUT2D eigenvalue weighted by molar-refractivity contribution is -0.136. The van der Waals surface area contributed by atoms with E-state index in [1.54, 1.807) is 24.1 Å². The highest BCUT2D eigenvalue weighted by molar-refractivity contribution is 5.91. The number of likely N-dealkylation sites (tertiary alicyclic amines) is 1. The van der Waals surface area contributed by atoms with Crippen LogP contribution in [0.2, 0.25) is 0 Å². The Morgan fingerprint density at radius 3 is 2.56 bits per heavy atom. The molecule has 0 bridgehead atoms.